The van der Waals surface area contributed by atoms with Crippen LogP contribution in [-0.4, -0.2) is 35.1 Å². The molecule has 0 spiro atoms. The third-order valence-electron chi connectivity index (χ3n) is 5.26. The van der Waals surface area contributed by atoms with Crippen LogP contribution in [0.5, 0.6) is 0 Å². The molecule has 0 aromatic carbocycles. The smallest absolute Gasteiger partial charge is 0.310 e. The molecule has 0 bridgehead atoms. The van der Waals surface area contributed by atoms with Crippen molar-refractivity contribution in [1.29, 1.82) is 0 Å². The van der Waals surface area contributed by atoms with Crippen LogP contribution in [0.4, 0.5) is 0 Å². The first-order valence-electron chi connectivity index (χ1n) is 7.55. The number of likely N-dealkylation sites (tertiary alicyclic amines) is 1. The summed E-state index contributed by atoms with van der Waals surface area (Å²) in [5.74, 6) is 0.266. The summed E-state index contributed by atoms with van der Waals surface area (Å²) in [6.07, 6.45) is 8.11. The maximum atomic E-state index is 11.5. The van der Waals surface area contributed by atoms with Crippen molar-refractivity contribution in [3.8, 4) is 0 Å². The van der Waals surface area contributed by atoms with Crippen LogP contribution in [0.1, 0.15) is 58.8 Å². The zero-order valence-corrected chi connectivity index (χ0v) is 11.8. The van der Waals surface area contributed by atoms with E-state index in [2.05, 4.69) is 11.8 Å². The molecule has 1 heterocycles. The zero-order valence-electron chi connectivity index (χ0n) is 11.8. The highest BCUT2D eigenvalue weighted by Crippen LogP contribution is 2.37. The molecule has 104 valence electrons. The van der Waals surface area contributed by atoms with Gasteiger partial charge in [-0.1, -0.05) is 26.7 Å². The number of nitrogens with zero attached hydrogens (tertiary/aromatic N) is 1. The minimum atomic E-state index is -0.588. The Hall–Kier alpha value is -0.570. The number of carbonyl (C=O) groups is 1. The molecule has 3 atom stereocenters. The fraction of sp³-hybridized carbons (Fsp3) is 0.933. The molecule has 0 radical (unpaired) electrons. The molecule has 1 aliphatic heterocycles. The monoisotopic (exact) mass is 253 g/mol. The number of carboxylic acid groups (broad SMARTS) is 1. The van der Waals surface area contributed by atoms with Crippen molar-refractivity contribution in [2.24, 2.45) is 11.3 Å². The fourth-order valence-electron chi connectivity index (χ4n) is 3.66. The topological polar surface area (TPSA) is 40.5 Å². The molecule has 18 heavy (non-hydrogen) atoms. The van der Waals surface area contributed by atoms with E-state index < -0.39 is 11.4 Å². The van der Waals surface area contributed by atoms with Crippen molar-refractivity contribution < 1.29 is 9.90 Å². The van der Waals surface area contributed by atoms with Gasteiger partial charge in [-0.25, -0.2) is 0 Å². The van der Waals surface area contributed by atoms with Crippen LogP contribution in [0.2, 0.25) is 0 Å². The van der Waals surface area contributed by atoms with Gasteiger partial charge in [0.25, 0.3) is 0 Å². The summed E-state index contributed by atoms with van der Waals surface area (Å²) in [6, 6.07) is 0.641. The van der Waals surface area contributed by atoms with E-state index in [9.17, 15) is 9.90 Å². The van der Waals surface area contributed by atoms with Crippen LogP contribution in [0, 0.1) is 11.3 Å². The summed E-state index contributed by atoms with van der Waals surface area (Å²) in [7, 11) is 0. The van der Waals surface area contributed by atoms with Crippen LogP contribution in [-0.2, 0) is 4.79 Å². The molecular weight excluding hydrogens is 226 g/mol. The fourth-order valence-corrected chi connectivity index (χ4v) is 3.66. The summed E-state index contributed by atoms with van der Waals surface area (Å²) in [4.78, 5) is 13.9. The number of hydrogen-bond donors (Lipinski definition) is 1. The maximum Gasteiger partial charge on any atom is 0.310 e. The van der Waals surface area contributed by atoms with Gasteiger partial charge in [0.15, 0.2) is 0 Å². The molecule has 1 saturated carbocycles. The lowest BCUT2D eigenvalue weighted by atomic mass is 9.84. The number of aliphatic carboxylic acids is 1. The van der Waals surface area contributed by atoms with Crippen LogP contribution >= 0.6 is 0 Å². The molecule has 2 aliphatic rings. The average Bonchev–Trinajstić information content (AvgIpc) is 2.68. The van der Waals surface area contributed by atoms with E-state index in [1.807, 2.05) is 6.92 Å². The largest absolute Gasteiger partial charge is 0.481 e. The van der Waals surface area contributed by atoms with Crippen molar-refractivity contribution in [1.82, 2.24) is 4.90 Å². The van der Waals surface area contributed by atoms with Gasteiger partial charge in [-0.05, 0) is 44.6 Å². The summed E-state index contributed by atoms with van der Waals surface area (Å²) in [5.41, 5.74) is -0.460. The van der Waals surface area contributed by atoms with E-state index in [-0.39, 0.29) is 0 Å². The minimum absolute atomic E-state index is 0.460. The quantitative estimate of drug-likeness (QED) is 0.786. The number of carboxylic acids is 1. The van der Waals surface area contributed by atoms with Gasteiger partial charge in [0.1, 0.15) is 0 Å². The Kier molecular flexibility index (Phi) is 4.31. The summed E-state index contributed by atoms with van der Waals surface area (Å²) in [5, 5.41) is 9.45. The maximum absolute atomic E-state index is 11.5. The van der Waals surface area contributed by atoms with E-state index in [1.54, 1.807) is 0 Å². The Morgan fingerprint density at radius 2 is 2.11 bits per heavy atom. The van der Waals surface area contributed by atoms with E-state index in [0.717, 1.165) is 31.8 Å². The minimum Gasteiger partial charge on any atom is -0.481 e. The van der Waals surface area contributed by atoms with E-state index in [1.165, 1.54) is 32.1 Å². The molecular formula is C15H27NO2. The van der Waals surface area contributed by atoms with E-state index >= 15 is 0 Å². The second-order valence-corrected chi connectivity index (χ2v) is 6.43. The highest BCUT2D eigenvalue weighted by atomic mass is 16.4. The molecule has 1 saturated heterocycles. The van der Waals surface area contributed by atoms with E-state index in [4.69, 9.17) is 0 Å². The molecule has 1 aliphatic carbocycles. The Morgan fingerprint density at radius 3 is 2.72 bits per heavy atom. The highest BCUT2D eigenvalue weighted by Gasteiger charge is 2.44. The standard InChI is InChI=1S/C15H27NO2/c1-3-15(14(17)18)9-10-16(11-15)13-6-4-5-12(2)7-8-13/h12-13H,3-11H2,1-2H3,(H,17,18). The predicted molar refractivity (Wildman–Crippen MR) is 72.6 cm³/mol. The van der Waals surface area contributed by atoms with Crippen molar-refractivity contribution in [2.45, 2.75) is 64.8 Å². The second kappa shape index (κ2) is 5.60. The molecule has 3 unspecified atom stereocenters. The van der Waals surface area contributed by atoms with Gasteiger partial charge in [-0.3, -0.25) is 9.69 Å². The first-order valence-corrected chi connectivity index (χ1v) is 7.55. The van der Waals surface area contributed by atoms with Gasteiger partial charge in [-0.15, -0.1) is 0 Å². The third kappa shape index (κ3) is 2.71. The molecule has 2 fully saturated rings. The lowest BCUT2D eigenvalue weighted by Gasteiger charge is -2.29. The van der Waals surface area contributed by atoms with E-state index in [0.29, 0.717) is 6.04 Å². The van der Waals surface area contributed by atoms with Gasteiger partial charge in [0.2, 0.25) is 0 Å². The normalized spacial score (nSPS) is 38.6. The average molecular weight is 253 g/mol. The lowest BCUT2D eigenvalue weighted by molar-refractivity contribution is -0.148. The van der Waals surface area contributed by atoms with Crippen LogP contribution in [0.3, 0.4) is 0 Å². The van der Waals surface area contributed by atoms with Gasteiger partial charge in [0, 0.05) is 12.6 Å². The van der Waals surface area contributed by atoms with Gasteiger partial charge in [-0.2, -0.15) is 0 Å². The van der Waals surface area contributed by atoms with Crippen LogP contribution < -0.4 is 0 Å². The summed E-state index contributed by atoms with van der Waals surface area (Å²) in [6.45, 7) is 6.13. The van der Waals surface area contributed by atoms with Gasteiger partial charge < -0.3 is 5.11 Å². The van der Waals surface area contributed by atoms with Gasteiger partial charge >= 0.3 is 5.97 Å². The van der Waals surface area contributed by atoms with Gasteiger partial charge in [0.05, 0.1) is 5.41 Å². The van der Waals surface area contributed by atoms with Crippen molar-refractivity contribution in [3.05, 3.63) is 0 Å². The first kappa shape index (κ1) is 13.9. The molecule has 1 N–H and O–H groups in total. The highest BCUT2D eigenvalue weighted by molar-refractivity contribution is 5.75. The molecule has 0 aromatic heterocycles. The Bertz CT molecular complexity index is 305. The molecule has 0 amide bonds. The zero-order chi connectivity index (χ0) is 13.2. The Labute approximate surface area is 111 Å². The van der Waals surface area contributed by atoms with Crippen LogP contribution in [0.15, 0.2) is 0 Å². The molecule has 0 aromatic rings. The number of hydrogen-bond acceptors (Lipinski definition) is 2. The van der Waals surface area contributed by atoms with Crippen molar-refractivity contribution in [2.75, 3.05) is 13.1 Å². The Morgan fingerprint density at radius 1 is 1.33 bits per heavy atom. The lowest BCUT2D eigenvalue weighted by Crippen LogP contribution is -2.38. The first-order chi connectivity index (χ1) is 8.57. The molecule has 3 heteroatoms. The predicted octanol–water partition coefficient (Wildman–Crippen LogP) is 3.14. The SMILES string of the molecule is CCC1(C(=O)O)CCN(C2CCCC(C)CC2)C1. The number of rotatable bonds is 3. The van der Waals surface area contributed by atoms with Crippen LogP contribution in [0.25, 0.3) is 0 Å². The summed E-state index contributed by atoms with van der Waals surface area (Å²) >= 11 is 0. The summed E-state index contributed by atoms with van der Waals surface area (Å²) < 4.78 is 0. The Balaban J connectivity index is 1.97. The molecule has 2 rings (SSSR count). The second-order valence-electron chi connectivity index (χ2n) is 6.43. The molecule has 3 nitrogen and oxygen atoms in total. The third-order valence-corrected chi connectivity index (χ3v) is 5.26. The van der Waals surface area contributed by atoms with Crippen molar-refractivity contribution in [3.63, 3.8) is 0 Å². The van der Waals surface area contributed by atoms with Crippen molar-refractivity contribution >= 4 is 5.97 Å².